The van der Waals surface area contributed by atoms with Crippen LogP contribution in [0.2, 0.25) is 5.02 Å². The molecule has 0 aromatic heterocycles. The maximum Gasteiger partial charge on any atom is 0.129 e. The second kappa shape index (κ2) is 7.91. The molecule has 0 atom stereocenters. The molecule has 15 heavy (non-hydrogen) atoms. The van der Waals surface area contributed by atoms with E-state index in [-0.39, 0.29) is 18.2 Å². The zero-order valence-electron chi connectivity index (χ0n) is 8.72. The maximum absolute atomic E-state index is 13.2. The van der Waals surface area contributed by atoms with Crippen LogP contribution in [0.5, 0.6) is 0 Å². The maximum atomic E-state index is 13.2. The van der Waals surface area contributed by atoms with Crippen molar-refractivity contribution in [2.24, 2.45) is 0 Å². The van der Waals surface area contributed by atoms with Gasteiger partial charge < -0.3 is 5.32 Å². The summed E-state index contributed by atoms with van der Waals surface area (Å²) in [5.41, 5.74) is 0.560. The van der Waals surface area contributed by atoms with Crippen molar-refractivity contribution in [2.75, 3.05) is 6.54 Å². The van der Waals surface area contributed by atoms with E-state index in [4.69, 9.17) is 11.6 Å². The lowest BCUT2D eigenvalue weighted by molar-refractivity contribution is 0.580. The first-order valence-electron chi connectivity index (χ1n) is 4.89. The lowest BCUT2D eigenvalue weighted by Gasteiger charge is -2.06. The van der Waals surface area contributed by atoms with E-state index in [9.17, 15) is 4.39 Å². The van der Waals surface area contributed by atoms with E-state index in [1.54, 1.807) is 12.1 Å². The van der Waals surface area contributed by atoms with E-state index in [0.717, 1.165) is 19.4 Å². The predicted molar refractivity (Wildman–Crippen MR) is 65.3 cm³/mol. The molecule has 1 aromatic carbocycles. The Kier molecular flexibility index (Phi) is 7.75. The average molecular weight is 252 g/mol. The molecule has 0 bridgehead atoms. The Morgan fingerprint density at radius 2 is 2.13 bits per heavy atom. The molecule has 0 amide bonds. The SMILES string of the molecule is CCCCNCc1c(F)cccc1Cl.Cl. The molecule has 1 N–H and O–H groups in total. The highest BCUT2D eigenvalue weighted by Crippen LogP contribution is 2.18. The van der Waals surface area contributed by atoms with Crippen molar-refractivity contribution in [3.63, 3.8) is 0 Å². The second-order valence-corrected chi connectivity index (χ2v) is 3.64. The normalized spacial score (nSPS) is 9.80. The quantitative estimate of drug-likeness (QED) is 0.786. The van der Waals surface area contributed by atoms with Crippen molar-refractivity contribution in [1.29, 1.82) is 0 Å². The number of rotatable bonds is 5. The molecule has 0 aliphatic heterocycles. The van der Waals surface area contributed by atoms with Gasteiger partial charge in [-0.25, -0.2) is 4.39 Å². The number of nitrogens with one attached hydrogen (secondary N) is 1. The van der Waals surface area contributed by atoms with Gasteiger partial charge in [0.2, 0.25) is 0 Å². The number of hydrogen-bond acceptors (Lipinski definition) is 1. The van der Waals surface area contributed by atoms with Crippen LogP contribution < -0.4 is 5.32 Å². The Balaban J connectivity index is 0.00000196. The molecule has 0 aliphatic rings. The fraction of sp³-hybridized carbons (Fsp3) is 0.455. The molecule has 1 nitrogen and oxygen atoms in total. The minimum absolute atomic E-state index is 0. The van der Waals surface area contributed by atoms with E-state index in [1.165, 1.54) is 6.07 Å². The van der Waals surface area contributed by atoms with Gasteiger partial charge in [-0.1, -0.05) is 31.0 Å². The highest BCUT2D eigenvalue weighted by molar-refractivity contribution is 6.31. The summed E-state index contributed by atoms with van der Waals surface area (Å²) in [6.07, 6.45) is 2.24. The average Bonchev–Trinajstić information content (AvgIpc) is 2.16. The van der Waals surface area contributed by atoms with Gasteiger partial charge >= 0.3 is 0 Å². The van der Waals surface area contributed by atoms with Crippen molar-refractivity contribution in [3.8, 4) is 0 Å². The molecule has 0 radical (unpaired) electrons. The van der Waals surface area contributed by atoms with Crippen LogP contribution in [0.3, 0.4) is 0 Å². The van der Waals surface area contributed by atoms with Crippen LogP contribution in [-0.4, -0.2) is 6.54 Å². The fourth-order valence-electron chi connectivity index (χ4n) is 1.22. The third-order valence-corrected chi connectivity index (χ3v) is 2.42. The lowest BCUT2D eigenvalue weighted by Crippen LogP contribution is -2.15. The second-order valence-electron chi connectivity index (χ2n) is 3.23. The van der Waals surface area contributed by atoms with Gasteiger partial charge in [0.15, 0.2) is 0 Å². The van der Waals surface area contributed by atoms with Gasteiger partial charge in [-0.3, -0.25) is 0 Å². The Hall–Kier alpha value is -0.310. The number of unbranched alkanes of at least 4 members (excludes halogenated alkanes) is 1. The number of hydrogen-bond donors (Lipinski definition) is 1. The highest BCUT2D eigenvalue weighted by atomic mass is 35.5. The van der Waals surface area contributed by atoms with Gasteiger partial charge in [0.05, 0.1) is 0 Å². The molecule has 0 spiro atoms. The van der Waals surface area contributed by atoms with Crippen LogP contribution in [0.15, 0.2) is 18.2 Å². The summed E-state index contributed by atoms with van der Waals surface area (Å²) in [7, 11) is 0. The summed E-state index contributed by atoms with van der Waals surface area (Å²) in [5.74, 6) is -0.235. The highest BCUT2D eigenvalue weighted by Gasteiger charge is 2.05. The Morgan fingerprint density at radius 3 is 2.73 bits per heavy atom. The molecule has 0 saturated carbocycles. The molecule has 0 fully saturated rings. The monoisotopic (exact) mass is 251 g/mol. The van der Waals surface area contributed by atoms with Gasteiger partial charge in [-0.15, -0.1) is 12.4 Å². The van der Waals surface area contributed by atoms with Crippen LogP contribution >= 0.6 is 24.0 Å². The minimum Gasteiger partial charge on any atom is -0.313 e. The molecular formula is C11H16Cl2FN. The van der Waals surface area contributed by atoms with Gasteiger partial charge in [0, 0.05) is 17.1 Å². The van der Waals surface area contributed by atoms with E-state index in [2.05, 4.69) is 12.2 Å². The van der Waals surface area contributed by atoms with E-state index < -0.39 is 0 Å². The van der Waals surface area contributed by atoms with Crippen LogP contribution in [0.25, 0.3) is 0 Å². The third-order valence-electron chi connectivity index (χ3n) is 2.07. The Labute approximate surface area is 101 Å². The molecule has 0 unspecified atom stereocenters. The summed E-state index contributed by atoms with van der Waals surface area (Å²) >= 11 is 5.86. The van der Waals surface area contributed by atoms with E-state index in [1.807, 2.05) is 0 Å². The predicted octanol–water partition coefficient (Wildman–Crippen LogP) is 3.79. The molecule has 0 saturated heterocycles. The summed E-state index contributed by atoms with van der Waals surface area (Å²) in [6, 6.07) is 4.76. The van der Waals surface area contributed by atoms with Gasteiger partial charge in [0.25, 0.3) is 0 Å². The minimum atomic E-state index is -0.235. The summed E-state index contributed by atoms with van der Waals surface area (Å²) in [6.45, 7) is 3.53. The Bertz CT molecular complexity index is 272. The van der Waals surface area contributed by atoms with Crippen LogP contribution in [0.4, 0.5) is 4.39 Å². The van der Waals surface area contributed by atoms with Crippen molar-refractivity contribution in [2.45, 2.75) is 26.3 Å². The van der Waals surface area contributed by atoms with Crippen molar-refractivity contribution >= 4 is 24.0 Å². The molecule has 0 heterocycles. The molecule has 1 rings (SSSR count). The van der Waals surface area contributed by atoms with Gasteiger partial charge in [-0.2, -0.15) is 0 Å². The number of halogens is 3. The third kappa shape index (κ3) is 4.83. The van der Waals surface area contributed by atoms with Crippen LogP contribution in [-0.2, 0) is 6.54 Å². The van der Waals surface area contributed by atoms with Gasteiger partial charge in [0.1, 0.15) is 5.82 Å². The van der Waals surface area contributed by atoms with E-state index >= 15 is 0 Å². The lowest BCUT2D eigenvalue weighted by atomic mass is 10.2. The molecule has 4 heteroatoms. The van der Waals surface area contributed by atoms with Gasteiger partial charge in [-0.05, 0) is 25.1 Å². The summed E-state index contributed by atoms with van der Waals surface area (Å²) < 4.78 is 13.2. The topological polar surface area (TPSA) is 12.0 Å². The molecule has 86 valence electrons. The standard InChI is InChI=1S/C11H15ClFN.ClH/c1-2-3-7-14-8-9-10(12)5-4-6-11(9)13;/h4-6,14H,2-3,7-8H2,1H3;1H. The summed E-state index contributed by atoms with van der Waals surface area (Å²) in [4.78, 5) is 0. The van der Waals surface area contributed by atoms with Crippen LogP contribution in [0.1, 0.15) is 25.3 Å². The fourth-order valence-corrected chi connectivity index (χ4v) is 1.45. The van der Waals surface area contributed by atoms with Crippen molar-refractivity contribution in [3.05, 3.63) is 34.6 Å². The first kappa shape index (κ1) is 14.7. The summed E-state index contributed by atoms with van der Waals surface area (Å²) in [5, 5.41) is 3.65. The van der Waals surface area contributed by atoms with Crippen molar-refractivity contribution < 1.29 is 4.39 Å². The molecule has 0 aliphatic carbocycles. The molecule has 1 aromatic rings. The zero-order chi connectivity index (χ0) is 10.4. The van der Waals surface area contributed by atoms with Crippen molar-refractivity contribution in [1.82, 2.24) is 5.32 Å². The molecular weight excluding hydrogens is 236 g/mol. The first-order valence-corrected chi connectivity index (χ1v) is 5.27. The number of benzene rings is 1. The Morgan fingerprint density at radius 1 is 1.40 bits per heavy atom. The largest absolute Gasteiger partial charge is 0.313 e. The van der Waals surface area contributed by atoms with E-state index in [0.29, 0.717) is 17.1 Å². The zero-order valence-corrected chi connectivity index (χ0v) is 10.3. The van der Waals surface area contributed by atoms with Crippen LogP contribution in [0, 0.1) is 5.82 Å². The first-order chi connectivity index (χ1) is 6.75. The smallest absolute Gasteiger partial charge is 0.129 e.